The van der Waals surface area contributed by atoms with Gasteiger partial charge in [-0.05, 0) is 19.8 Å². The molecule has 6 nitrogen and oxygen atoms in total. The number of likely N-dealkylation sites (N-methyl/N-ethyl adjacent to an activating group) is 1. The van der Waals surface area contributed by atoms with E-state index in [2.05, 4.69) is 25.9 Å². The molecule has 0 radical (unpaired) electrons. The number of nitrogens with zero attached hydrogens (tertiary/aromatic N) is 3. The second kappa shape index (κ2) is 6.26. The minimum Gasteiger partial charge on any atom is -0.356 e. The molecule has 1 amide bonds. The van der Waals surface area contributed by atoms with Crippen LogP contribution < -0.4 is 5.32 Å². The second-order valence-corrected chi connectivity index (χ2v) is 6.63. The average Bonchev–Trinajstić information content (AvgIpc) is 3.19. The highest BCUT2D eigenvalue weighted by molar-refractivity contribution is 5.86. The van der Waals surface area contributed by atoms with Gasteiger partial charge in [0.1, 0.15) is 0 Å². The molecule has 1 aliphatic rings. The number of aromatic amines is 1. The van der Waals surface area contributed by atoms with Gasteiger partial charge in [0, 0.05) is 30.4 Å². The first-order valence-corrected chi connectivity index (χ1v) is 8.87. The van der Waals surface area contributed by atoms with Crippen molar-refractivity contribution >= 4 is 22.7 Å². The van der Waals surface area contributed by atoms with E-state index in [0.717, 1.165) is 28.1 Å². The summed E-state index contributed by atoms with van der Waals surface area (Å²) in [6.07, 6.45) is 12.5. The number of imidazole rings is 1. The molecule has 0 spiro atoms. The predicted octanol–water partition coefficient (Wildman–Crippen LogP) is 2.94. The molecule has 3 heterocycles. The lowest BCUT2D eigenvalue weighted by atomic mass is 9.87. The summed E-state index contributed by atoms with van der Waals surface area (Å²) in [4.78, 5) is 24.4. The molecule has 0 aliphatic heterocycles. The predicted molar refractivity (Wildman–Crippen MR) is 93.1 cm³/mol. The zero-order valence-corrected chi connectivity index (χ0v) is 14.0. The number of carbonyl (C=O) groups is 1. The van der Waals surface area contributed by atoms with Crippen LogP contribution in [-0.4, -0.2) is 31.8 Å². The highest BCUT2D eigenvalue weighted by Gasteiger charge is 2.20. The monoisotopic (exact) mass is 325 g/mol. The van der Waals surface area contributed by atoms with Gasteiger partial charge in [0.15, 0.2) is 11.3 Å². The normalized spacial score (nSPS) is 16.0. The van der Waals surface area contributed by atoms with Crippen LogP contribution in [0.3, 0.4) is 0 Å². The first-order chi connectivity index (χ1) is 11.8. The Bertz CT molecular complexity index is 872. The van der Waals surface area contributed by atoms with Gasteiger partial charge in [0.25, 0.3) is 0 Å². The van der Waals surface area contributed by atoms with Crippen molar-refractivity contribution in [2.24, 2.45) is 0 Å². The molecule has 1 saturated carbocycles. The van der Waals surface area contributed by atoms with Crippen LogP contribution in [0.4, 0.5) is 0 Å². The third-order valence-electron chi connectivity index (χ3n) is 4.96. The van der Waals surface area contributed by atoms with Crippen molar-refractivity contribution in [2.45, 2.75) is 51.4 Å². The molecule has 1 fully saturated rings. The number of nitrogens with one attached hydrogen (secondary N) is 2. The minimum atomic E-state index is 0.0306. The third kappa shape index (κ3) is 2.66. The van der Waals surface area contributed by atoms with Crippen molar-refractivity contribution < 1.29 is 4.79 Å². The molecule has 3 aromatic heterocycles. The zero-order chi connectivity index (χ0) is 16.5. The van der Waals surface area contributed by atoms with Crippen LogP contribution in [-0.2, 0) is 11.2 Å². The van der Waals surface area contributed by atoms with Crippen molar-refractivity contribution in [2.75, 3.05) is 6.54 Å². The molecule has 6 heteroatoms. The molecule has 0 atom stereocenters. The van der Waals surface area contributed by atoms with Gasteiger partial charge in [-0.1, -0.05) is 19.3 Å². The molecule has 2 N–H and O–H groups in total. The number of fused-ring (bicyclic) bond motifs is 3. The molecular weight excluding hydrogens is 302 g/mol. The van der Waals surface area contributed by atoms with Gasteiger partial charge in [0.05, 0.1) is 23.8 Å². The number of hydrogen-bond acceptors (Lipinski definition) is 3. The quantitative estimate of drug-likeness (QED) is 0.774. The van der Waals surface area contributed by atoms with E-state index in [1.165, 1.54) is 32.1 Å². The topological polar surface area (TPSA) is 75.1 Å². The maximum absolute atomic E-state index is 12.0. The van der Waals surface area contributed by atoms with Crippen LogP contribution >= 0.6 is 0 Å². The van der Waals surface area contributed by atoms with Crippen LogP contribution in [0.5, 0.6) is 0 Å². The summed E-state index contributed by atoms with van der Waals surface area (Å²) in [5.41, 5.74) is 4.75. The summed E-state index contributed by atoms with van der Waals surface area (Å²) in [6.45, 7) is 2.57. The van der Waals surface area contributed by atoms with Crippen molar-refractivity contribution in [1.29, 1.82) is 0 Å². The number of aromatic nitrogens is 4. The molecule has 1 aliphatic carbocycles. The molecular formula is C18H23N5O. The Hall–Kier alpha value is -2.37. The summed E-state index contributed by atoms with van der Waals surface area (Å²) in [7, 11) is 0. The van der Waals surface area contributed by atoms with Crippen LogP contribution in [0, 0.1) is 0 Å². The standard InChI is InChI=1S/C18H23N5O/c1-2-19-16(24)8-13-9-20-18-17(13)23-11-14(22-15(23)10-21-18)12-6-4-3-5-7-12/h9-12,20H,2-8H2,1H3,(H,19,24). The maximum Gasteiger partial charge on any atom is 0.224 e. The van der Waals surface area contributed by atoms with Gasteiger partial charge < -0.3 is 10.3 Å². The summed E-state index contributed by atoms with van der Waals surface area (Å²) in [5, 5.41) is 2.86. The van der Waals surface area contributed by atoms with Gasteiger partial charge in [0.2, 0.25) is 5.91 Å². The number of rotatable bonds is 4. The molecule has 0 unspecified atom stereocenters. The smallest absolute Gasteiger partial charge is 0.224 e. The molecule has 4 rings (SSSR count). The lowest BCUT2D eigenvalue weighted by Gasteiger charge is -2.19. The molecule has 0 aromatic carbocycles. The number of H-pyrrole nitrogens is 1. The van der Waals surface area contributed by atoms with E-state index in [0.29, 0.717) is 18.9 Å². The average molecular weight is 325 g/mol. The summed E-state index contributed by atoms with van der Waals surface area (Å²) in [6, 6.07) is 0. The first kappa shape index (κ1) is 15.2. The van der Waals surface area contributed by atoms with E-state index < -0.39 is 0 Å². The molecule has 0 bridgehead atoms. The van der Waals surface area contributed by atoms with Crippen molar-refractivity contribution in [3.8, 4) is 0 Å². The lowest BCUT2D eigenvalue weighted by molar-refractivity contribution is -0.120. The highest BCUT2D eigenvalue weighted by atomic mass is 16.1. The van der Waals surface area contributed by atoms with E-state index in [4.69, 9.17) is 4.98 Å². The largest absolute Gasteiger partial charge is 0.356 e. The van der Waals surface area contributed by atoms with Crippen LogP contribution in [0.25, 0.3) is 16.8 Å². The first-order valence-electron chi connectivity index (χ1n) is 8.87. The zero-order valence-electron chi connectivity index (χ0n) is 14.0. The lowest BCUT2D eigenvalue weighted by Crippen LogP contribution is -2.24. The number of hydrogen-bond donors (Lipinski definition) is 2. The summed E-state index contributed by atoms with van der Waals surface area (Å²) >= 11 is 0. The van der Waals surface area contributed by atoms with E-state index in [1.807, 2.05) is 13.1 Å². The SMILES string of the molecule is CCNC(=O)Cc1c[nH]c2ncc3nc(C4CCCCC4)cn3c12. The fraction of sp³-hybridized carbons (Fsp3) is 0.500. The number of amides is 1. The Morgan fingerprint density at radius 3 is 3.00 bits per heavy atom. The highest BCUT2D eigenvalue weighted by Crippen LogP contribution is 2.32. The van der Waals surface area contributed by atoms with Crippen molar-refractivity contribution in [3.05, 3.63) is 29.8 Å². The third-order valence-corrected chi connectivity index (χ3v) is 4.96. The minimum absolute atomic E-state index is 0.0306. The Morgan fingerprint density at radius 1 is 1.38 bits per heavy atom. The van der Waals surface area contributed by atoms with Crippen molar-refractivity contribution in [3.63, 3.8) is 0 Å². The van der Waals surface area contributed by atoms with Gasteiger partial charge >= 0.3 is 0 Å². The summed E-state index contributed by atoms with van der Waals surface area (Å²) < 4.78 is 2.09. The van der Waals surface area contributed by atoms with Crippen LogP contribution in [0.15, 0.2) is 18.6 Å². The van der Waals surface area contributed by atoms with E-state index in [9.17, 15) is 4.79 Å². The Morgan fingerprint density at radius 2 is 2.21 bits per heavy atom. The van der Waals surface area contributed by atoms with E-state index >= 15 is 0 Å². The van der Waals surface area contributed by atoms with Gasteiger partial charge in [-0.3, -0.25) is 9.20 Å². The molecule has 24 heavy (non-hydrogen) atoms. The fourth-order valence-corrected chi connectivity index (χ4v) is 3.78. The van der Waals surface area contributed by atoms with Crippen LogP contribution in [0.1, 0.15) is 56.2 Å². The summed E-state index contributed by atoms with van der Waals surface area (Å²) in [5.74, 6) is 0.586. The second-order valence-electron chi connectivity index (χ2n) is 6.63. The maximum atomic E-state index is 12.0. The van der Waals surface area contributed by atoms with Gasteiger partial charge in [-0.15, -0.1) is 0 Å². The Balaban J connectivity index is 1.76. The van der Waals surface area contributed by atoms with Gasteiger partial charge in [-0.25, -0.2) is 9.97 Å². The van der Waals surface area contributed by atoms with Gasteiger partial charge in [-0.2, -0.15) is 0 Å². The Kier molecular flexibility index (Phi) is 3.96. The number of carbonyl (C=O) groups excluding carboxylic acids is 1. The van der Waals surface area contributed by atoms with Crippen LogP contribution in [0.2, 0.25) is 0 Å². The van der Waals surface area contributed by atoms with E-state index in [-0.39, 0.29) is 5.91 Å². The fourth-order valence-electron chi connectivity index (χ4n) is 3.78. The molecule has 0 saturated heterocycles. The molecule has 126 valence electrons. The van der Waals surface area contributed by atoms with Crippen molar-refractivity contribution in [1.82, 2.24) is 24.7 Å². The molecule has 3 aromatic rings. The van der Waals surface area contributed by atoms with E-state index in [1.54, 1.807) is 6.20 Å². The Labute approximate surface area is 140 Å².